The summed E-state index contributed by atoms with van der Waals surface area (Å²) in [6, 6.07) is 1.80. The minimum absolute atomic E-state index is 0.0443. The minimum Gasteiger partial charge on any atom is -0.241 e. The Morgan fingerprint density at radius 2 is 2.00 bits per heavy atom. The van der Waals surface area contributed by atoms with E-state index < -0.39 is 0 Å². The zero-order chi connectivity index (χ0) is 11.8. The Labute approximate surface area is 104 Å². The Morgan fingerprint density at radius 1 is 1.25 bits per heavy atom. The van der Waals surface area contributed by atoms with E-state index >= 15 is 0 Å². The van der Waals surface area contributed by atoms with Crippen molar-refractivity contribution in [2.75, 3.05) is 0 Å². The summed E-state index contributed by atoms with van der Waals surface area (Å²) in [5, 5.41) is 2.38. The van der Waals surface area contributed by atoms with Gasteiger partial charge in [-0.3, -0.25) is 0 Å². The number of hydrogen-bond donors (Lipinski definition) is 0. The molecule has 0 N–H and O–H groups in total. The first-order valence-electron chi connectivity index (χ1n) is 4.90. The van der Waals surface area contributed by atoms with Crippen molar-refractivity contribution in [1.29, 1.82) is 0 Å². The lowest BCUT2D eigenvalue weighted by molar-refractivity contribution is 0.568. The molecule has 84 valence electrons. The predicted molar refractivity (Wildman–Crippen MR) is 66.9 cm³/mol. The second kappa shape index (κ2) is 4.11. The maximum Gasteiger partial charge on any atom is 0.180 e. The molecule has 0 spiro atoms. The topological polar surface area (TPSA) is 38.7 Å². The highest BCUT2D eigenvalue weighted by Gasteiger charge is 2.18. The summed E-state index contributed by atoms with van der Waals surface area (Å²) < 4.78 is 0. The number of aromatic nitrogens is 3. The summed E-state index contributed by atoms with van der Waals surface area (Å²) >= 11 is 7.52. The van der Waals surface area contributed by atoms with Crippen LogP contribution in [0.25, 0.3) is 11.5 Å². The molecule has 0 saturated heterocycles. The van der Waals surface area contributed by atoms with E-state index in [1.54, 1.807) is 11.6 Å². The molecule has 0 saturated carbocycles. The van der Waals surface area contributed by atoms with Gasteiger partial charge < -0.3 is 0 Å². The third-order valence-electron chi connectivity index (χ3n) is 2.12. The highest BCUT2D eigenvalue weighted by molar-refractivity contribution is 7.07. The molecular formula is C11H12ClN3S. The molecule has 3 nitrogen and oxygen atoms in total. The van der Waals surface area contributed by atoms with Crippen molar-refractivity contribution in [2.24, 2.45) is 0 Å². The van der Waals surface area contributed by atoms with Gasteiger partial charge in [0.1, 0.15) is 10.8 Å². The van der Waals surface area contributed by atoms with Gasteiger partial charge >= 0.3 is 0 Å². The molecule has 0 unspecified atom stereocenters. The molecule has 2 rings (SSSR count). The molecule has 0 atom stereocenters. The van der Waals surface area contributed by atoms with Gasteiger partial charge in [-0.25, -0.2) is 15.0 Å². The van der Waals surface area contributed by atoms with E-state index in [4.69, 9.17) is 11.6 Å². The predicted octanol–water partition coefficient (Wildman–Crippen LogP) is 3.55. The summed E-state index contributed by atoms with van der Waals surface area (Å²) in [7, 11) is 0. The van der Waals surface area contributed by atoms with Crippen LogP contribution in [0, 0.1) is 0 Å². The highest BCUT2D eigenvalue weighted by atomic mass is 35.5. The molecule has 16 heavy (non-hydrogen) atoms. The third-order valence-corrected chi connectivity index (χ3v) is 2.90. The Morgan fingerprint density at radius 3 is 2.56 bits per heavy atom. The van der Waals surface area contributed by atoms with Crippen molar-refractivity contribution in [3.63, 3.8) is 0 Å². The quantitative estimate of drug-likeness (QED) is 0.730. The van der Waals surface area contributed by atoms with Gasteiger partial charge in [-0.05, 0) is 6.07 Å². The van der Waals surface area contributed by atoms with Crippen molar-refractivity contribution in [3.8, 4) is 11.5 Å². The lowest BCUT2D eigenvalue weighted by Crippen LogP contribution is -2.14. The van der Waals surface area contributed by atoms with Crippen molar-refractivity contribution in [2.45, 2.75) is 26.2 Å². The average molecular weight is 254 g/mol. The van der Waals surface area contributed by atoms with Crippen LogP contribution >= 0.6 is 22.9 Å². The van der Waals surface area contributed by atoms with E-state index in [0.29, 0.717) is 11.0 Å². The molecule has 2 aromatic rings. The van der Waals surface area contributed by atoms with Gasteiger partial charge in [-0.1, -0.05) is 32.4 Å². The molecule has 5 heteroatoms. The molecule has 2 aromatic heterocycles. The monoisotopic (exact) mass is 253 g/mol. The number of rotatable bonds is 1. The zero-order valence-corrected chi connectivity index (χ0v) is 10.9. The first-order chi connectivity index (χ1) is 7.47. The van der Waals surface area contributed by atoms with Gasteiger partial charge in [0.2, 0.25) is 0 Å². The van der Waals surface area contributed by atoms with Gasteiger partial charge in [0.05, 0.1) is 11.2 Å². The van der Waals surface area contributed by atoms with Crippen LogP contribution in [0.15, 0.2) is 17.0 Å². The maximum atomic E-state index is 6.00. The molecule has 0 amide bonds. The molecule has 0 radical (unpaired) electrons. The molecule has 0 bridgehead atoms. The van der Waals surface area contributed by atoms with Gasteiger partial charge in [-0.2, -0.15) is 0 Å². The first-order valence-corrected chi connectivity index (χ1v) is 6.22. The van der Waals surface area contributed by atoms with E-state index in [2.05, 4.69) is 35.7 Å². The second-order valence-electron chi connectivity index (χ2n) is 4.52. The number of thiazole rings is 1. The number of nitrogens with zero attached hydrogens (tertiary/aromatic N) is 3. The molecule has 0 fully saturated rings. The van der Waals surface area contributed by atoms with Crippen LogP contribution in [0.4, 0.5) is 0 Å². The standard InChI is InChI=1S/C11H12ClN3S/c1-11(2,3)8-4-9(12)15-10(14-8)7-5-16-6-13-7/h4-6H,1-3H3. The SMILES string of the molecule is CC(C)(C)c1cc(Cl)nc(-c2cscn2)n1. The average Bonchev–Trinajstić information content (AvgIpc) is 2.68. The van der Waals surface area contributed by atoms with Crippen LogP contribution in [-0.2, 0) is 5.41 Å². The Bertz CT molecular complexity index is 488. The molecule has 2 heterocycles. The largest absolute Gasteiger partial charge is 0.241 e. The smallest absolute Gasteiger partial charge is 0.180 e. The molecule has 0 aliphatic heterocycles. The zero-order valence-electron chi connectivity index (χ0n) is 9.36. The van der Waals surface area contributed by atoms with Crippen molar-refractivity contribution in [3.05, 3.63) is 27.8 Å². The van der Waals surface area contributed by atoms with E-state index in [1.165, 1.54) is 11.3 Å². The van der Waals surface area contributed by atoms with Gasteiger partial charge in [0, 0.05) is 10.8 Å². The van der Waals surface area contributed by atoms with Crippen molar-refractivity contribution < 1.29 is 0 Å². The normalized spacial score (nSPS) is 11.8. The van der Waals surface area contributed by atoms with E-state index in [9.17, 15) is 0 Å². The van der Waals surface area contributed by atoms with Gasteiger partial charge in [-0.15, -0.1) is 11.3 Å². The highest BCUT2D eigenvalue weighted by Crippen LogP contribution is 2.25. The van der Waals surface area contributed by atoms with E-state index in [-0.39, 0.29) is 5.41 Å². The van der Waals surface area contributed by atoms with Crippen LogP contribution in [0.1, 0.15) is 26.5 Å². The molecule has 0 aromatic carbocycles. The van der Waals surface area contributed by atoms with Crippen molar-refractivity contribution >= 4 is 22.9 Å². The maximum absolute atomic E-state index is 6.00. The van der Waals surface area contributed by atoms with E-state index in [0.717, 1.165) is 11.4 Å². The molecule has 0 aliphatic rings. The Balaban J connectivity index is 2.53. The Kier molecular flexibility index (Phi) is 2.95. The summed E-state index contributed by atoms with van der Waals surface area (Å²) in [6.45, 7) is 6.28. The van der Waals surface area contributed by atoms with Gasteiger partial charge in [0.25, 0.3) is 0 Å². The van der Waals surface area contributed by atoms with Crippen LogP contribution in [0.2, 0.25) is 5.15 Å². The number of hydrogen-bond acceptors (Lipinski definition) is 4. The van der Waals surface area contributed by atoms with Crippen LogP contribution in [-0.4, -0.2) is 15.0 Å². The van der Waals surface area contributed by atoms with Crippen molar-refractivity contribution in [1.82, 2.24) is 15.0 Å². The fourth-order valence-corrected chi connectivity index (χ4v) is 1.95. The minimum atomic E-state index is -0.0443. The van der Waals surface area contributed by atoms with Gasteiger partial charge in [0.15, 0.2) is 5.82 Å². The van der Waals surface area contributed by atoms with Crippen LogP contribution in [0.3, 0.4) is 0 Å². The second-order valence-corrected chi connectivity index (χ2v) is 5.63. The summed E-state index contributed by atoms with van der Waals surface area (Å²) in [6.07, 6.45) is 0. The summed E-state index contributed by atoms with van der Waals surface area (Å²) in [5.41, 5.74) is 3.42. The Hall–Kier alpha value is -1.00. The molecule has 0 aliphatic carbocycles. The first kappa shape index (κ1) is 11.5. The number of halogens is 1. The van der Waals surface area contributed by atoms with Crippen LogP contribution < -0.4 is 0 Å². The lowest BCUT2D eigenvalue weighted by Gasteiger charge is -2.18. The lowest BCUT2D eigenvalue weighted by atomic mass is 9.92. The molecular weight excluding hydrogens is 242 g/mol. The van der Waals surface area contributed by atoms with E-state index in [1.807, 2.05) is 5.38 Å². The summed E-state index contributed by atoms with van der Waals surface area (Å²) in [5.74, 6) is 0.596. The van der Waals surface area contributed by atoms with Crippen LogP contribution in [0.5, 0.6) is 0 Å². The fourth-order valence-electron chi connectivity index (χ4n) is 1.24. The fraction of sp³-hybridized carbons (Fsp3) is 0.364. The summed E-state index contributed by atoms with van der Waals surface area (Å²) in [4.78, 5) is 12.9. The third kappa shape index (κ3) is 2.39.